The molecule has 26 heavy (non-hydrogen) atoms. The lowest BCUT2D eigenvalue weighted by Gasteiger charge is -2.49. The Balaban J connectivity index is 2.37. The lowest BCUT2D eigenvalue weighted by Crippen LogP contribution is -2.49. The number of carbonyl (C=O) groups is 4. The summed E-state index contributed by atoms with van der Waals surface area (Å²) in [4.78, 5) is 51.1. The van der Waals surface area contributed by atoms with E-state index in [1.807, 2.05) is 13.8 Å². The van der Waals surface area contributed by atoms with Crippen LogP contribution in [0.5, 0.6) is 0 Å². The Hall–Kier alpha value is -2.24. The highest BCUT2D eigenvalue weighted by Gasteiger charge is 2.60. The topological polar surface area (TPSA) is 97.7 Å². The Morgan fingerprint density at radius 1 is 1.04 bits per heavy atom. The summed E-state index contributed by atoms with van der Waals surface area (Å²) < 4.78 is 5.04. The van der Waals surface area contributed by atoms with E-state index in [9.17, 15) is 24.3 Å². The molecule has 0 amide bonds. The molecule has 3 rings (SSSR count). The van der Waals surface area contributed by atoms with Crippen molar-refractivity contribution in [2.45, 2.75) is 53.9 Å². The monoisotopic (exact) mass is 360 g/mol. The molecule has 2 aliphatic carbocycles. The van der Waals surface area contributed by atoms with Crippen molar-refractivity contribution < 1.29 is 29.0 Å². The molecule has 6 heteroatoms. The number of aliphatic hydroxyl groups excluding tert-OH is 1. The maximum absolute atomic E-state index is 13.0. The zero-order chi connectivity index (χ0) is 19.6. The lowest BCUT2D eigenvalue weighted by molar-refractivity contribution is -0.167. The Kier molecular flexibility index (Phi) is 4.01. The van der Waals surface area contributed by atoms with Gasteiger partial charge in [-0.2, -0.15) is 0 Å². The Bertz CT molecular complexity index is 810. The standard InChI is InChI=1S/C20H24O6/c1-9(2)10-13(21)11-12(15(23)14(10)22)20(5)8-6-7-19(3,4)16(20)18(25)26-17(11)24/h9,16,21H,6-8H2,1-5H3/t16-,20-/m1/s1. The number of Topliss-reactive ketones (excluding diaryl/α,β-unsaturated/α-hetero) is 2. The maximum Gasteiger partial charge on any atom is 0.350 e. The second kappa shape index (κ2) is 5.63. The molecular formula is C20H24O6. The summed E-state index contributed by atoms with van der Waals surface area (Å²) in [5.41, 5.74) is -2.01. The summed E-state index contributed by atoms with van der Waals surface area (Å²) in [7, 11) is 0. The van der Waals surface area contributed by atoms with Crippen LogP contribution in [0.4, 0.5) is 0 Å². The van der Waals surface area contributed by atoms with E-state index in [1.54, 1.807) is 20.8 Å². The zero-order valence-electron chi connectivity index (χ0n) is 15.8. The largest absolute Gasteiger partial charge is 0.507 e. The van der Waals surface area contributed by atoms with Gasteiger partial charge in [0.05, 0.1) is 5.92 Å². The van der Waals surface area contributed by atoms with Crippen LogP contribution in [0, 0.1) is 22.7 Å². The highest BCUT2D eigenvalue weighted by molar-refractivity contribution is 6.51. The first-order chi connectivity index (χ1) is 11.9. The normalized spacial score (nSPS) is 31.7. The van der Waals surface area contributed by atoms with E-state index in [2.05, 4.69) is 0 Å². The number of ether oxygens (including phenoxy) is 1. The molecule has 1 aliphatic heterocycles. The van der Waals surface area contributed by atoms with E-state index < -0.39 is 51.9 Å². The van der Waals surface area contributed by atoms with Gasteiger partial charge < -0.3 is 9.84 Å². The van der Waals surface area contributed by atoms with Gasteiger partial charge in [-0.3, -0.25) is 14.4 Å². The molecule has 0 aromatic heterocycles. The third-order valence-corrected chi connectivity index (χ3v) is 6.14. The predicted octanol–water partition coefficient (Wildman–Crippen LogP) is 2.82. The van der Waals surface area contributed by atoms with Crippen molar-refractivity contribution in [2.24, 2.45) is 22.7 Å². The molecule has 0 aromatic rings. The molecule has 140 valence electrons. The Morgan fingerprint density at radius 3 is 2.23 bits per heavy atom. The van der Waals surface area contributed by atoms with E-state index in [-0.39, 0.29) is 16.7 Å². The first-order valence-corrected chi connectivity index (χ1v) is 8.96. The lowest BCUT2D eigenvalue weighted by atomic mass is 9.52. The zero-order valence-corrected chi connectivity index (χ0v) is 15.8. The van der Waals surface area contributed by atoms with E-state index in [4.69, 9.17) is 4.74 Å². The number of fused-ring (bicyclic) bond motifs is 2. The first kappa shape index (κ1) is 18.5. The minimum absolute atomic E-state index is 0.0574. The van der Waals surface area contributed by atoms with E-state index in [1.165, 1.54) is 0 Å². The van der Waals surface area contributed by atoms with Gasteiger partial charge in [-0.15, -0.1) is 0 Å². The molecule has 3 aliphatic rings. The molecule has 2 atom stereocenters. The summed E-state index contributed by atoms with van der Waals surface area (Å²) >= 11 is 0. The highest BCUT2D eigenvalue weighted by Crippen LogP contribution is 2.58. The highest BCUT2D eigenvalue weighted by atomic mass is 16.6. The van der Waals surface area contributed by atoms with Gasteiger partial charge in [0.25, 0.3) is 0 Å². The number of hydrogen-bond acceptors (Lipinski definition) is 6. The van der Waals surface area contributed by atoms with Crippen LogP contribution in [0.15, 0.2) is 22.5 Å². The SMILES string of the molecule is CC(C)C1=C(O)C2=C(C(=O)C1=O)[C@@]1(C)CCCC(C)(C)[C@H]1C(=O)OC2=O. The number of cyclic esters (lactones) is 2. The first-order valence-electron chi connectivity index (χ1n) is 8.96. The number of carbonyl (C=O) groups excluding carboxylic acids is 4. The summed E-state index contributed by atoms with van der Waals surface area (Å²) in [5, 5.41) is 10.7. The van der Waals surface area contributed by atoms with Gasteiger partial charge >= 0.3 is 11.9 Å². The maximum atomic E-state index is 13.0. The molecule has 0 bridgehead atoms. The summed E-state index contributed by atoms with van der Waals surface area (Å²) in [6.07, 6.45) is 1.94. The molecule has 1 saturated carbocycles. The molecule has 1 N–H and O–H groups in total. The Morgan fingerprint density at radius 2 is 1.65 bits per heavy atom. The average Bonchev–Trinajstić information content (AvgIpc) is 2.57. The second-order valence-electron chi connectivity index (χ2n) is 8.73. The summed E-state index contributed by atoms with van der Waals surface area (Å²) in [6, 6.07) is 0. The fourth-order valence-corrected chi connectivity index (χ4v) is 5.10. The third kappa shape index (κ3) is 2.31. The van der Waals surface area contributed by atoms with Crippen LogP contribution in [-0.2, 0) is 23.9 Å². The quantitative estimate of drug-likeness (QED) is 0.334. The molecule has 0 radical (unpaired) electrons. The third-order valence-electron chi connectivity index (χ3n) is 6.14. The van der Waals surface area contributed by atoms with Crippen LogP contribution in [-0.4, -0.2) is 28.6 Å². The Labute approximate surface area is 152 Å². The van der Waals surface area contributed by atoms with Crippen LogP contribution in [0.2, 0.25) is 0 Å². The minimum Gasteiger partial charge on any atom is -0.507 e. The molecule has 0 aromatic carbocycles. The van der Waals surface area contributed by atoms with Gasteiger partial charge in [0, 0.05) is 16.6 Å². The summed E-state index contributed by atoms with van der Waals surface area (Å²) in [6.45, 7) is 8.84. The van der Waals surface area contributed by atoms with E-state index in [0.717, 1.165) is 12.8 Å². The van der Waals surface area contributed by atoms with Crippen molar-refractivity contribution >= 4 is 23.5 Å². The predicted molar refractivity (Wildman–Crippen MR) is 91.9 cm³/mol. The molecule has 1 heterocycles. The van der Waals surface area contributed by atoms with Crippen LogP contribution >= 0.6 is 0 Å². The van der Waals surface area contributed by atoms with Gasteiger partial charge in [0.2, 0.25) is 11.6 Å². The number of esters is 2. The molecule has 0 unspecified atom stereocenters. The fraction of sp³-hybridized carbons (Fsp3) is 0.600. The van der Waals surface area contributed by atoms with Crippen LogP contribution in [0.1, 0.15) is 53.9 Å². The van der Waals surface area contributed by atoms with Crippen LogP contribution in [0.3, 0.4) is 0 Å². The minimum atomic E-state index is -1.05. The average molecular weight is 360 g/mol. The molecule has 0 spiro atoms. The number of hydrogen-bond donors (Lipinski definition) is 1. The molecular weight excluding hydrogens is 336 g/mol. The van der Waals surface area contributed by atoms with Crippen molar-refractivity contribution in [1.82, 2.24) is 0 Å². The van der Waals surface area contributed by atoms with Gasteiger partial charge in [0.15, 0.2) is 0 Å². The molecule has 6 nitrogen and oxygen atoms in total. The van der Waals surface area contributed by atoms with Gasteiger partial charge in [-0.05, 0) is 24.2 Å². The van der Waals surface area contributed by atoms with Gasteiger partial charge in [-0.1, -0.05) is 41.0 Å². The molecule has 0 saturated heterocycles. The van der Waals surface area contributed by atoms with E-state index in [0.29, 0.717) is 6.42 Å². The number of aliphatic hydroxyl groups is 1. The van der Waals surface area contributed by atoms with Crippen molar-refractivity contribution in [3.8, 4) is 0 Å². The molecule has 1 fully saturated rings. The van der Waals surface area contributed by atoms with Crippen molar-refractivity contribution in [1.29, 1.82) is 0 Å². The van der Waals surface area contributed by atoms with Crippen LogP contribution < -0.4 is 0 Å². The smallest absolute Gasteiger partial charge is 0.350 e. The summed E-state index contributed by atoms with van der Waals surface area (Å²) in [5.74, 6) is -5.07. The van der Waals surface area contributed by atoms with Gasteiger partial charge in [0.1, 0.15) is 11.3 Å². The number of rotatable bonds is 1. The van der Waals surface area contributed by atoms with Crippen molar-refractivity contribution in [3.63, 3.8) is 0 Å². The number of allylic oxidation sites excluding steroid dienone is 2. The van der Waals surface area contributed by atoms with Crippen molar-refractivity contribution in [3.05, 3.63) is 22.5 Å². The van der Waals surface area contributed by atoms with E-state index >= 15 is 0 Å². The van der Waals surface area contributed by atoms with Gasteiger partial charge in [-0.25, -0.2) is 4.79 Å². The fourth-order valence-electron chi connectivity index (χ4n) is 5.10. The van der Waals surface area contributed by atoms with Crippen molar-refractivity contribution in [2.75, 3.05) is 0 Å². The second-order valence-corrected chi connectivity index (χ2v) is 8.73. The van der Waals surface area contributed by atoms with Crippen LogP contribution in [0.25, 0.3) is 0 Å². The number of ketones is 2.